The molecule has 106 valence electrons. The van der Waals surface area contributed by atoms with E-state index in [9.17, 15) is 0 Å². The van der Waals surface area contributed by atoms with Crippen molar-refractivity contribution in [1.29, 1.82) is 0 Å². The van der Waals surface area contributed by atoms with Crippen molar-refractivity contribution in [3.63, 3.8) is 0 Å². The van der Waals surface area contributed by atoms with E-state index in [0.29, 0.717) is 0 Å². The third kappa shape index (κ3) is 4.01. The summed E-state index contributed by atoms with van der Waals surface area (Å²) in [5, 5.41) is 3.33. The molecule has 0 radical (unpaired) electrons. The summed E-state index contributed by atoms with van der Waals surface area (Å²) in [5.74, 6) is 0.904. The lowest BCUT2D eigenvalue weighted by Crippen LogP contribution is -2.11. The lowest BCUT2D eigenvalue weighted by molar-refractivity contribution is 0.405. The van der Waals surface area contributed by atoms with Gasteiger partial charge in [-0.15, -0.1) is 0 Å². The first-order valence-electron chi connectivity index (χ1n) is 6.54. The molecule has 2 aromatic rings. The molecule has 4 heteroatoms. The van der Waals surface area contributed by atoms with Crippen molar-refractivity contribution < 1.29 is 4.74 Å². The normalized spacial score (nSPS) is 10.6. The van der Waals surface area contributed by atoms with Gasteiger partial charge in [0.15, 0.2) is 0 Å². The number of halogens is 1. The summed E-state index contributed by atoms with van der Waals surface area (Å²) in [5.41, 5.74) is 1.28. The Balaban J connectivity index is 2.17. The topological polar surface area (TPSA) is 21.3 Å². The van der Waals surface area contributed by atoms with Crippen LogP contribution >= 0.6 is 27.7 Å². The summed E-state index contributed by atoms with van der Waals surface area (Å²) in [4.78, 5) is 2.31. The maximum Gasteiger partial charge on any atom is 0.132 e. The van der Waals surface area contributed by atoms with Gasteiger partial charge in [0.05, 0.1) is 12.0 Å². The predicted molar refractivity (Wildman–Crippen MR) is 88.6 cm³/mol. The molecule has 0 aliphatic heterocycles. The van der Waals surface area contributed by atoms with E-state index in [2.05, 4.69) is 52.4 Å². The standard InChI is InChI=1S/C16H18BrNOS/c1-3-18-11-12-8-9-15(13(17)10-12)20-16-7-5-4-6-14(16)19-2/h4-10,18H,3,11H2,1-2H3. The minimum absolute atomic E-state index is 0.898. The molecule has 0 heterocycles. The number of nitrogens with one attached hydrogen (secondary N) is 1. The van der Waals surface area contributed by atoms with Crippen molar-refractivity contribution in [3.05, 3.63) is 52.5 Å². The molecule has 0 saturated heterocycles. The number of benzene rings is 2. The van der Waals surface area contributed by atoms with Crippen LogP contribution in [0.4, 0.5) is 0 Å². The summed E-state index contributed by atoms with van der Waals surface area (Å²) in [6.45, 7) is 3.99. The highest BCUT2D eigenvalue weighted by Gasteiger charge is 2.07. The molecule has 1 N–H and O–H groups in total. The second-order valence-corrected chi connectivity index (χ2v) is 6.24. The van der Waals surface area contributed by atoms with Crippen LogP contribution in [0.25, 0.3) is 0 Å². The Morgan fingerprint density at radius 3 is 2.65 bits per heavy atom. The van der Waals surface area contributed by atoms with E-state index in [0.717, 1.165) is 28.2 Å². The van der Waals surface area contributed by atoms with Crippen LogP contribution in [-0.4, -0.2) is 13.7 Å². The zero-order chi connectivity index (χ0) is 14.4. The van der Waals surface area contributed by atoms with E-state index in [1.165, 1.54) is 10.5 Å². The molecule has 0 aromatic heterocycles. The maximum absolute atomic E-state index is 5.39. The van der Waals surface area contributed by atoms with Crippen molar-refractivity contribution in [2.24, 2.45) is 0 Å². The number of ether oxygens (including phenoxy) is 1. The third-order valence-electron chi connectivity index (χ3n) is 2.86. The first-order chi connectivity index (χ1) is 9.74. The van der Waals surface area contributed by atoms with Crippen LogP contribution in [0.2, 0.25) is 0 Å². The monoisotopic (exact) mass is 351 g/mol. The molecule has 0 bridgehead atoms. The molecule has 2 aromatic carbocycles. The van der Waals surface area contributed by atoms with Gasteiger partial charge in [-0.05, 0) is 52.3 Å². The van der Waals surface area contributed by atoms with Gasteiger partial charge >= 0.3 is 0 Å². The Hall–Kier alpha value is -0.970. The van der Waals surface area contributed by atoms with Crippen LogP contribution in [0.5, 0.6) is 5.75 Å². The van der Waals surface area contributed by atoms with E-state index in [1.54, 1.807) is 18.9 Å². The highest BCUT2D eigenvalue weighted by Crippen LogP contribution is 2.38. The second kappa shape index (κ2) is 7.72. The highest BCUT2D eigenvalue weighted by molar-refractivity contribution is 9.10. The fourth-order valence-corrected chi connectivity index (χ4v) is 3.43. The Kier molecular flexibility index (Phi) is 5.95. The molecule has 0 atom stereocenters. The third-order valence-corrected chi connectivity index (χ3v) is 4.92. The fourth-order valence-electron chi connectivity index (χ4n) is 1.83. The number of hydrogen-bond donors (Lipinski definition) is 1. The average Bonchev–Trinajstić information content (AvgIpc) is 2.48. The summed E-state index contributed by atoms with van der Waals surface area (Å²) in [7, 11) is 1.70. The van der Waals surface area contributed by atoms with E-state index in [1.807, 2.05) is 18.2 Å². The Morgan fingerprint density at radius 1 is 1.15 bits per heavy atom. The SMILES string of the molecule is CCNCc1ccc(Sc2ccccc2OC)c(Br)c1. The smallest absolute Gasteiger partial charge is 0.132 e. The quantitative estimate of drug-likeness (QED) is 0.813. The number of rotatable bonds is 6. The van der Waals surface area contributed by atoms with Crippen LogP contribution < -0.4 is 10.1 Å². The molecule has 0 fully saturated rings. The van der Waals surface area contributed by atoms with Gasteiger partial charge in [-0.1, -0.05) is 36.9 Å². The van der Waals surface area contributed by atoms with E-state index in [4.69, 9.17) is 4.74 Å². The molecule has 0 unspecified atom stereocenters. The van der Waals surface area contributed by atoms with Crippen LogP contribution in [0.3, 0.4) is 0 Å². The Morgan fingerprint density at radius 2 is 1.95 bits per heavy atom. The van der Waals surface area contributed by atoms with Gasteiger partial charge in [-0.3, -0.25) is 0 Å². The van der Waals surface area contributed by atoms with Crippen LogP contribution in [0, 0.1) is 0 Å². The van der Waals surface area contributed by atoms with Gasteiger partial charge < -0.3 is 10.1 Å². The van der Waals surface area contributed by atoms with Gasteiger partial charge in [0.25, 0.3) is 0 Å². The summed E-state index contributed by atoms with van der Waals surface area (Å²) >= 11 is 5.36. The Bertz CT molecular complexity index is 574. The summed E-state index contributed by atoms with van der Waals surface area (Å²) < 4.78 is 6.50. The molecule has 0 aliphatic carbocycles. The van der Waals surface area contributed by atoms with Gasteiger partial charge in [0.1, 0.15) is 5.75 Å². The number of para-hydroxylation sites is 1. The van der Waals surface area contributed by atoms with E-state index < -0.39 is 0 Å². The summed E-state index contributed by atoms with van der Waals surface area (Å²) in [6.07, 6.45) is 0. The largest absolute Gasteiger partial charge is 0.496 e. The van der Waals surface area contributed by atoms with Crippen molar-refractivity contribution in [3.8, 4) is 5.75 Å². The van der Waals surface area contributed by atoms with E-state index in [-0.39, 0.29) is 0 Å². The second-order valence-electron chi connectivity index (χ2n) is 4.30. The molecule has 2 nitrogen and oxygen atoms in total. The number of hydrogen-bond acceptors (Lipinski definition) is 3. The predicted octanol–water partition coefficient (Wildman–Crippen LogP) is 4.72. The first kappa shape index (κ1) is 15.4. The van der Waals surface area contributed by atoms with Crippen molar-refractivity contribution in [2.75, 3.05) is 13.7 Å². The molecule has 0 saturated carbocycles. The van der Waals surface area contributed by atoms with Gasteiger partial charge in [-0.25, -0.2) is 0 Å². The van der Waals surface area contributed by atoms with E-state index >= 15 is 0 Å². The zero-order valence-electron chi connectivity index (χ0n) is 11.7. The first-order valence-corrected chi connectivity index (χ1v) is 8.15. The molecule has 20 heavy (non-hydrogen) atoms. The molecule has 0 aliphatic rings. The fraction of sp³-hybridized carbons (Fsp3) is 0.250. The van der Waals surface area contributed by atoms with Crippen LogP contribution in [0.15, 0.2) is 56.7 Å². The lowest BCUT2D eigenvalue weighted by Gasteiger charge is -2.10. The molecule has 2 rings (SSSR count). The van der Waals surface area contributed by atoms with Gasteiger partial charge in [0, 0.05) is 15.9 Å². The zero-order valence-corrected chi connectivity index (χ0v) is 14.1. The van der Waals surface area contributed by atoms with Crippen molar-refractivity contribution in [2.45, 2.75) is 23.3 Å². The van der Waals surface area contributed by atoms with Gasteiger partial charge in [0.2, 0.25) is 0 Å². The minimum Gasteiger partial charge on any atom is -0.496 e. The average molecular weight is 352 g/mol. The van der Waals surface area contributed by atoms with Gasteiger partial charge in [-0.2, -0.15) is 0 Å². The highest BCUT2D eigenvalue weighted by atomic mass is 79.9. The maximum atomic E-state index is 5.39. The van der Waals surface area contributed by atoms with Crippen molar-refractivity contribution in [1.82, 2.24) is 5.32 Å². The van der Waals surface area contributed by atoms with Crippen LogP contribution in [-0.2, 0) is 6.54 Å². The molecule has 0 amide bonds. The molecular weight excluding hydrogens is 334 g/mol. The Labute approximate surface area is 133 Å². The minimum atomic E-state index is 0.898. The number of methoxy groups -OCH3 is 1. The van der Waals surface area contributed by atoms with Crippen molar-refractivity contribution >= 4 is 27.7 Å². The summed E-state index contributed by atoms with van der Waals surface area (Å²) in [6, 6.07) is 14.5. The molecular formula is C16H18BrNOS. The molecule has 0 spiro atoms. The van der Waals surface area contributed by atoms with Crippen LogP contribution in [0.1, 0.15) is 12.5 Å². The lowest BCUT2D eigenvalue weighted by atomic mass is 10.2.